The van der Waals surface area contributed by atoms with Crippen LogP contribution in [-0.4, -0.2) is 34.5 Å². The van der Waals surface area contributed by atoms with Gasteiger partial charge in [-0.05, 0) is 38.5 Å². The van der Waals surface area contributed by atoms with Gasteiger partial charge in [0.25, 0.3) is 11.8 Å². The number of ether oxygens (including phenoxy) is 1. The van der Waals surface area contributed by atoms with Crippen molar-refractivity contribution in [2.75, 3.05) is 12.8 Å². The molecule has 0 saturated carbocycles. The zero-order valence-electron chi connectivity index (χ0n) is 19.6. The summed E-state index contributed by atoms with van der Waals surface area (Å²) in [7, 11) is 1.52. The van der Waals surface area contributed by atoms with Gasteiger partial charge in [0, 0.05) is 17.8 Å². The van der Waals surface area contributed by atoms with Gasteiger partial charge in [0.15, 0.2) is 0 Å². The predicted octanol–water partition coefficient (Wildman–Crippen LogP) is 3.36. The van der Waals surface area contributed by atoms with E-state index in [0.717, 1.165) is 11.3 Å². The molecule has 2 amide bonds. The fourth-order valence-electron chi connectivity index (χ4n) is 3.38. The Bertz CT molecular complexity index is 1270. The van der Waals surface area contributed by atoms with Crippen molar-refractivity contribution >= 4 is 23.5 Å². The van der Waals surface area contributed by atoms with Gasteiger partial charge in [0.05, 0.1) is 12.7 Å². The molecule has 0 saturated heterocycles. The number of hydrogen-bond donors (Lipinski definition) is 3. The Morgan fingerprint density at radius 3 is 2.44 bits per heavy atom. The molecule has 0 radical (unpaired) electrons. The number of methoxy groups -OCH3 is 1. The molecule has 34 heavy (non-hydrogen) atoms. The number of primary amides is 1. The third kappa shape index (κ3) is 5.15. The third-order valence-electron chi connectivity index (χ3n) is 5.26. The lowest BCUT2D eigenvalue weighted by atomic mass is 10.0. The number of benzene rings is 2. The summed E-state index contributed by atoms with van der Waals surface area (Å²) in [6.45, 7) is 5.78. The topological polar surface area (TPSA) is 138 Å². The number of para-hydroxylation sites is 1. The van der Waals surface area contributed by atoms with Crippen LogP contribution >= 0.6 is 0 Å². The van der Waals surface area contributed by atoms with Crippen molar-refractivity contribution in [3.63, 3.8) is 0 Å². The summed E-state index contributed by atoms with van der Waals surface area (Å²) in [5.74, 6) is 0.224. The standard InChI is InChI=1S/C25H28N6O3/c1-5-15(2)29-16(3)31-23(26)21(24(27)32)22(30-31)18-12-10-17(11-13-18)14-28-25(33)19-8-6-7-9-20(19)34-4/h5-13H,14,26H2,1-4H3,(H2,27,32)(H,28,33)/b15-5-,29-16+. The number of nitrogen functional groups attached to an aromatic ring is 1. The van der Waals surface area contributed by atoms with E-state index in [4.69, 9.17) is 16.2 Å². The molecule has 176 valence electrons. The molecule has 9 heteroatoms. The van der Waals surface area contributed by atoms with Crippen LogP contribution < -0.4 is 21.5 Å². The number of amides is 2. The number of aromatic nitrogens is 2. The summed E-state index contributed by atoms with van der Waals surface area (Å²) < 4.78 is 6.65. The van der Waals surface area contributed by atoms with E-state index < -0.39 is 5.91 Å². The minimum Gasteiger partial charge on any atom is -0.496 e. The molecule has 3 aromatic rings. The molecule has 0 spiro atoms. The van der Waals surface area contributed by atoms with Crippen LogP contribution in [0.3, 0.4) is 0 Å². The molecule has 9 nitrogen and oxygen atoms in total. The minimum absolute atomic E-state index is 0.126. The van der Waals surface area contributed by atoms with Gasteiger partial charge in [-0.3, -0.25) is 9.59 Å². The lowest BCUT2D eigenvalue weighted by Gasteiger charge is -2.09. The van der Waals surface area contributed by atoms with E-state index in [1.54, 1.807) is 43.3 Å². The molecular formula is C25H28N6O3. The largest absolute Gasteiger partial charge is 0.496 e. The van der Waals surface area contributed by atoms with Crippen molar-refractivity contribution in [1.82, 2.24) is 15.1 Å². The molecule has 1 heterocycles. The Morgan fingerprint density at radius 1 is 1.15 bits per heavy atom. The van der Waals surface area contributed by atoms with Gasteiger partial charge < -0.3 is 21.5 Å². The molecule has 0 unspecified atom stereocenters. The van der Waals surface area contributed by atoms with E-state index in [9.17, 15) is 9.59 Å². The molecule has 0 aliphatic heterocycles. The molecule has 0 fully saturated rings. The number of anilines is 1. The number of hydrogen-bond acceptors (Lipinski definition) is 6. The highest BCUT2D eigenvalue weighted by molar-refractivity contribution is 6.05. The summed E-state index contributed by atoms with van der Waals surface area (Å²) in [5, 5.41) is 7.38. The molecular weight excluding hydrogens is 432 g/mol. The second-order valence-electron chi connectivity index (χ2n) is 7.55. The fourth-order valence-corrected chi connectivity index (χ4v) is 3.38. The number of carbonyl (C=O) groups is 2. The van der Waals surface area contributed by atoms with Gasteiger partial charge in [-0.15, -0.1) is 0 Å². The van der Waals surface area contributed by atoms with Gasteiger partial charge in [0.2, 0.25) is 0 Å². The monoisotopic (exact) mass is 460 g/mol. The first-order chi connectivity index (χ1) is 16.3. The molecule has 0 atom stereocenters. The van der Waals surface area contributed by atoms with Crippen molar-refractivity contribution in [3.8, 4) is 17.0 Å². The lowest BCUT2D eigenvalue weighted by Crippen LogP contribution is -2.23. The number of nitrogens with two attached hydrogens (primary N) is 2. The summed E-state index contributed by atoms with van der Waals surface area (Å²) in [5.41, 5.74) is 15.1. The maximum absolute atomic E-state index is 12.5. The zero-order valence-corrected chi connectivity index (χ0v) is 19.6. The van der Waals surface area contributed by atoms with Crippen LogP contribution in [0.5, 0.6) is 5.75 Å². The highest BCUT2D eigenvalue weighted by atomic mass is 16.5. The number of rotatable bonds is 7. The van der Waals surface area contributed by atoms with Gasteiger partial charge in [-0.25, -0.2) is 9.67 Å². The van der Waals surface area contributed by atoms with E-state index in [-0.39, 0.29) is 17.3 Å². The Morgan fingerprint density at radius 2 is 1.82 bits per heavy atom. The van der Waals surface area contributed by atoms with Gasteiger partial charge >= 0.3 is 0 Å². The normalized spacial score (nSPS) is 11.9. The van der Waals surface area contributed by atoms with Gasteiger partial charge in [-0.2, -0.15) is 5.10 Å². The van der Waals surface area contributed by atoms with Crippen LogP contribution in [0.2, 0.25) is 0 Å². The zero-order chi connectivity index (χ0) is 24.8. The summed E-state index contributed by atoms with van der Waals surface area (Å²) in [6.07, 6.45) is 1.85. The van der Waals surface area contributed by atoms with Crippen molar-refractivity contribution in [2.45, 2.75) is 27.3 Å². The Balaban J connectivity index is 1.84. The number of aliphatic imine (C=N–C) groups is 1. The van der Waals surface area contributed by atoms with Crippen LogP contribution in [0, 0.1) is 0 Å². The van der Waals surface area contributed by atoms with Crippen molar-refractivity contribution in [1.29, 1.82) is 0 Å². The number of nitrogens with one attached hydrogen (secondary N) is 1. The lowest BCUT2D eigenvalue weighted by molar-refractivity contribution is 0.0946. The van der Waals surface area contributed by atoms with E-state index in [1.165, 1.54) is 11.8 Å². The molecule has 0 bridgehead atoms. The molecule has 5 N–H and O–H groups in total. The quantitative estimate of drug-likeness (QED) is 0.367. The van der Waals surface area contributed by atoms with Gasteiger partial charge in [-0.1, -0.05) is 42.5 Å². The molecule has 1 aromatic heterocycles. The summed E-state index contributed by atoms with van der Waals surface area (Å²) in [4.78, 5) is 29.1. The van der Waals surface area contributed by atoms with Crippen LogP contribution in [0.4, 0.5) is 5.82 Å². The fraction of sp³-hybridized carbons (Fsp3) is 0.200. The second-order valence-corrected chi connectivity index (χ2v) is 7.55. The molecule has 3 rings (SSSR count). The summed E-state index contributed by atoms with van der Waals surface area (Å²) in [6, 6.07) is 14.3. The number of allylic oxidation sites excluding steroid dienone is 2. The first kappa shape index (κ1) is 24.2. The minimum atomic E-state index is -0.678. The average molecular weight is 461 g/mol. The average Bonchev–Trinajstić information content (AvgIpc) is 3.20. The van der Waals surface area contributed by atoms with E-state index >= 15 is 0 Å². The van der Waals surface area contributed by atoms with Crippen LogP contribution in [0.1, 0.15) is 47.1 Å². The predicted molar refractivity (Wildman–Crippen MR) is 133 cm³/mol. The Kier molecular flexibility index (Phi) is 7.47. The van der Waals surface area contributed by atoms with E-state index in [2.05, 4.69) is 15.4 Å². The molecule has 0 aliphatic carbocycles. The molecule has 2 aromatic carbocycles. The first-order valence-electron chi connectivity index (χ1n) is 10.6. The summed E-state index contributed by atoms with van der Waals surface area (Å²) >= 11 is 0. The number of carbonyl (C=O) groups excluding carboxylic acids is 2. The van der Waals surface area contributed by atoms with Crippen molar-refractivity contribution < 1.29 is 14.3 Å². The Hall–Kier alpha value is -4.40. The number of nitrogens with zero attached hydrogens (tertiary/aromatic N) is 3. The highest BCUT2D eigenvalue weighted by Gasteiger charge is 2.22. The van der Waals surface area contributed by atoms with Crippen LogP contribution in [0.25, 0.3) is 11.3 Å². The highest BCUT2D eigenvalue weighted by Crippen LogP contribution is 2.27. The maximum Gasteiger partial charge on any atom is 0.255 e. The third-order valence-corrected chi connectivity index (χ3v) is 5.26. The van der Waals surface area contributed by atoms with Crippen LogP contribution in [0.15, 0.2) is 65.3 Å². The second kappa shape index (κ2) is 10.5. The van der Waals surface area contributed by atoms with Crippen molar-refractivity contribution in [3.05, 3.63) is 77.0 Å². The molecule has 0 aliphatic rings. The van der Waals surface area contributed by atoms with E-state index in [0.29, 0.717) is 35.0 Å². The first-order valence-corrected chi connectivity index (χ1v) is 10.6. The van der Waals surface area contributed by atoms with Crippen LogP contribution in [-0.2, 0) is 6.54 Å². The van der Waals surface area contributed by atoms with E-state index in [1.807, 2.05) is 32.1 Å². The Labute approximate surface area is 198 Å². The SMILES string of the molecule is C/C=C(C)\N=C(/C)n1nc(-c2ccc(CNC(=O)c3ccccc3OC)cc2)c(C(N)=O)c1N. The maximum atomic E-state index is 12.5. The van der Waals surface area contributed by atoms with Gasteiger partial charge in [0.1, 0.15) is 28.7 Å². The van der Waals surface area contributed by atoms with Crippen molar-refractivity contribution in [2.24, 2.45) is 10.7 Å². The smallest absolute Gasteiger partial charge is 0.255 e.